The molecule has 0 amide bonds. The highest BCUT2D eigenvalue weighted by Crippen LogP contribution is 2.16. The third-order valence-electron chi connectivity index (χ3n) is 6.79. The van der Waals surface area contributed by atoms with Crippen LogP contribution in [-0.2, 0) is 13.1 Å². The van der Waals surface area contributed by atoms with Crippen LogP contribution in [0.25, 0.3) is 33.7 Å². The van der Waals surface area contributed by atoms with Crippen LogP contribution in [0.15, 0.2) is 80.1 Å². The average Bonchev–Trinajstić information content (AvgIpc) is 3.30. The zero-order valence-corrected chi connectivity index (χ0v) is 20.6. The van der Waals surface area contributed by atoms with E-state index in [1.807, 2.05) is 48.6 Å². The third kappa shape index (κ3) is 4.72. The van der Waals surface area contributed by atoms with Crippen molar-refractivity contribution >= 4 is 33.7 Å². The van der Waals surface area contributed by atoms with E-state index in [-0.39, 0.29) is 28.1 Å². The molecule has 0 spiro atoms. The molecule has 0 fully saturated rings. The summed E-state index contributed by atoms with van der Waals surface area (Å²) in [5.74, 6) is 0. The van der Waals surface area contributed by atoms with E-state index in [0.29, 0.717) is 6.54 Å². The lowest BCUT2D eigenvalue weighted by atomic mass is 10.1. The summed E-state index contributed by atoms with van der Waals surface area (Å²) in [7, 11) is 0. The van der Waals surface area contributed by atoms with E-state index < -0.39 is 22.2 Å². The second-order valence-electron chi connectivity index (χ2n) is 9.32. The smallest absolute Gasteiger partial charge is 0.261 e. The van der Waals surface area contributed by atoms with Crippen LogP contribution >= 0.6 is 0 Å². The molecule has 0 unspecified atom stereocenters. The van der Waals surface area contributed by atoms with E-state index >= 15 is 0 Å². The Morgan fingerprint density at radius 2 is 1.16 bits per heavy atom. The van der Waals surface area contributed by atoms with E-state index in [1.165, 1.54) is 21.3 Å². The van der Waals surface area contributed by atoms with Crippen molar-refractivity contribution < 1.29 is 0 Å². The van der Waals surface area contributed by atoms with Crippen molar-refractivity contribution in [3.05, 3.63) is 119 Å². The van der Waals surface area contributed by atoms with Crippen molar-refractivity contribution in [2.45, 2.75) is 45.7 Å². The normalized spacial score (nSPS) is 11.8. The predicted octanol–water partition coefficient (Wildman–Crippen LogP) is 4.11. The van der Waals surface area contributed by atoms with Crippen LogP contribution in [-0.4, -0.2) is 14.1 Å². The fourth-order valence-corrected chi connectivity index (χ4v) is 4.70. The topological polar surface area (TPSA) is 91.0 Å². The maximum absolute atomic E-state index is 13.1. The zero-order valence-electron chi connectivity index (χ0n) is 20.6. The highest BCUT2D eigenvalue weighted by Gasteiger charge is 2.19. The Morgan fingerprint density at radius 1 is 0.649 bits per heavy atom. The Bertz CT molecular complexity index is 1720. The highest BCUT2D eigenvalue weighted by molar-refractivity contribution is 5.97. The largest absolute Gasteiger partial charge is 0.274 e. The molecule has 0 aliphatic rings. The first-order chi connectivity index (χ1) is 18.0. The molecule has 2 aromatic carbocycles. The van der Waals surface area contributed by atoms with Gasteiger partial charge in [0.25, 0.3) is 22.2 Å². The van der Waals surface area contributed by atoms with E-state index in [1.54, 1.807) is 12.4 Å². The van der Waals surface area contributed by atoms with Gasteiger partial charge in [-0.2, -0.15) is 0 Å². The number of unbranched alkanes of at least 4 members (excludes halogenated alkanes) is 3. The second kappa shape index (κ2) is 10.3. The first kappa shape index (κ1) is 24.3. The molecular weight excluding hydrogens is 466 g/mol. The maximum atomic E-state index is 13.1. The minimum Gasteiger partial charge on any atom is -0.274 e. The molecule has 0 radical (unpaired) electrons. The van der Waals surface area contributed by atoms with Crippen LogP contribution in [0.2, 0.25) is 0 Å². The van der Waals surface area contributed by atoms with Gasteiger partial charge in [0.2, 0.25) is 0 Å². The molecule has 0 aliphatic carbocycles. The van der Waals surface area contributed by atoms with Gasteiger partial charge in [-0.15, -0.1) is 0 Å². The SMILES string of the molecule is CCCCCCn1c(=O)c2cc3c(=O)n(Cc4ccc(/C=C\c5ccncc5)cc4)c(=O)c3cc2c1=O. The van der Waals surface area contributed by atoms with Gasteiger partial charge in [0.15, 0.2) is 0 Å². The molecule has 0 N–H and O–H groups in total. The van der Waals surface area contributed by atoms with Gasteiger partial charge >= 0.3 is 0 Å². The third-order valence-corrected chi connectivity index (χ3v) is 6.79. The Kier molecular flexibility index (Phi) is 6.77. The molecule has 37 heavy (non-hydrogen) atoms. The monoisotopic (exact) mass is 493 g/mol. The van der Waals surface area contributed by atoms with E-state index in [2.05, 4.69) is 11.9 Å². The molecule has 0 atom stereocenters. The molecule has 5 aromatic rings. The van der Waals surface area contributed by atoms with Gasteiger partial charge in [0.1, 0.15) is 0 Å². The number of fused-ring (bicyclic) bond motifs is 2. The molecule has 0 aliphatic heterocycles. The fraction of sp³-hybridized carbons (Fsp3) is 0.233. The summed E-state index contributed by atoms with van der Waals surface area (Å²) in [6, 6.07) is 14.3. The van der Waals surface area contributed by atoms with Crippen LogP contribution < -0.4 is 22.2 Å². The molecule has 0 bridgehead atoms. The van der Waals surface area contributed by atoms with E-state index in [0.717, 1.165) is 42.4 Å². The molecule has 3 heterocycles. The number of aromatic nitrogens is 3. The van der Waals surface area contributed by atoms with Crippen molar-refractivity contribution in [2.24, 2.45) is 0 Å². The van der Waals surface area contributed by atoms with Gasteiger partial charge in [-0.05, 0) is 47.4 Å². The Labute approximate surface area is 212 Å². The Morgan fingerprint density at radius 3 is 1.70 bits per heavy atom. The summed E-state index contributed by atoms with van der Waals surface area (Å²) < 4.78 is 2.39. The van der Waals surface area contributed by atoms with Crippen molar-refractivity contribution in [1.82, 2.24) is 14.1 Å². The van der Waals surface area contributed by atoms with Gasteiger partial charge in [-0.1, -0.05) is 62.6 Å². The van der Waals surface area contributed by atoms with Crippen LogP contribution in [0.5, 0.6) is 0 Å². The van der Waals surface area contributed by atoms with E-state index in [9.17, 15) is 19.2 Å². The van der Waals surface area contributed by atoms with Gasteiger partial charge in [0.05, 0.1) is 28.1 Å². The quantitative estimate of drug-likeness (QED) is 0.288. The maximum Gasteiger partial charge on any atom is 0.261 e. The molecule has 186 valence electrons. The van der Waals surface area contributed by atoms with Crippen molar-refractivity contribution in [1.29, 1.82) is 0 Å². The Balaban J connectivity index is 1.43. The number of rotatable bonds is 9. The number of pyridine rings is 1. The van der Waals surface area contributed by atoms with Crippen LogP contribution in [0.1, 0.15) is 49.3 Å². The summed E-state index contributed by atoms with van der Waals surface area (Å²) in [6.45, 7) is 2.55. The second-order valence-corrected chi connectivity index (χ2v) is 9.32. The van der Waals surface area contributed by atoms with Crippen molar-refractivity contribution in [3.63, 3.8) is 0 Å². The number of hydrogen-bond acceptors (Lipinski definition) is 5. The van der Waals surface area contributed by atoms with Crippen LogP contribution in [0.3, 0.4) is 0 Å². The molecule has 3 aromatic heterocycles. The van der Waals surface area contributed by atoms with Gasteiger partial charge < -0.3 is 0 Å². The van der Waals surface area contributed by atoms with Crippen molar-refractivity contribution in [2.75, 3.05) is 0 Å². The lowest BCUT2D eigenvalue weighted by molar-refractivity contribution is 0.568. The van der Waals surface area contributed by atoms with Crippen LogP contribution in [0.4, 0.5) is 0 Å². The summed E-state index contributed by atoms with van der Waals surface area (Å²) >= 11 is 0. The zero-order chi connectivity index (χ0) is 25.9. The highest BCUT2D eigenvalue weighted by atomic mass is 16.2. The Hall–Kier alpha value is -4.39. The molecule has 5 rings (SSSR count). The molecule has 0 saturated carbocycles. The summed E-state index contributed by atoms with van der Waals surface area (Å²) in [6.07, 6.45) is 11.2. The van der Waals surface area contributed by atoms with Crippen LogP contribution in [0, 0.1) is 0 Å². The summed E-state index contributed by atoms with van der Waals surface area (Å²) in [5, 5.41) is 0.754. The minimum absolute atomic E-state index is 0.108. The number of nitrogens with zero attached hydrogens (tertiary/aromatic N) is 3. The molecule has 7 heteroatoms. The molecule has 7 nitrogen and oxygen atoms in total. The molecule has 0 saturated heterocycles. The first-order valence-electron chi connectivity index (χ1n) is 12.6. The number of hydrogen-bond donors (Lipinski definition) is 0. The van der Waals surface area contributed by atoms with E-state index in [4.69, 9.17) is 0 Å². The fourth-order valence-electron chi connectivity index (χ4n) is 4.70. The lowest BCUT2D eigenvalue weighted by Gasteiger charge is -2.02. The predicted molar refractivity (Wildman–Crippen MR) is 148 cm³/mol. The van der Waals surface area contributed by atoms with Crippen molar-refractivity contribution in [3.8, 4) is 0 Å². The molecular formula is C30H27N3O4. The first-order valence-corrected chi connectivity index (χ1v) is 12.6. The summed E-state index contributed by atoms with van der Waals surface area (Å²) in [5.41, 5.74) is 1.12. The number of benzene rings is 2. The minimum atomic E-state index is -0.453. The standard InChI is InChI=1S/C30H27N3O4/c1-2-3-4-5-16-32-27(34)23-17-25-26(18-24(23)28(32)35)30(37)33(29(25)36)19-22-10-8-20(9-11-22)6-7-21-12-14-31-15-13-21/h6-15,17-18H,2-5,16,19H2,1H3/b7-6-. The summed E-state index contributed by atoms with van der Waals surface area (Å²) in [4.78, 5) is 56.1. The van der Waals surface area contributed by atoms with Gasteiger partial charge in [-0.25, -0.2) is 0 Å². The lowest BCUT2D eigenvalue weighted by Crippen LogP contribution is -2.26. The van der Waals surface area contributed by atoms with Gasteiger partial charge in [0, 0.05) is 18.9 Å². The average molecular weight is 494 g/mol. The van der Waals surface area contributed by atoms with Gasteiger partial charge in [-0.3, -0.25) is 33.3 Å².